The molecule has 0 heterocycles. The molecule has 0 aliphatic heterocycles. The van der Waals surface area contributed by atoms with Crippen LogP contribution in [0, 0.1) is 5.82 Å². The van der Waals surface area contributed by atoms with E-state index in [1.54, 1.807) is 12.3 Å². The molecule has 180 valence electrons. The highest BCUT2D eigenvalue weighted by Gasteiger charge is 2.26. The molecule has 0 bridgehead atoms. The largest absolute Gasteiger partial charge is 0.394 e. The number of aliphatic hydroxyl groups is 1. The maximum atomic E-state index is 14.2. The number of rotatable bonds is 8. The number of amides is 1. The van der Waals surface area contributed by atoms with Gasteiger partial charge in [-0.05, 0) is 82.7 Å². The van der Waals surface area contributed by atoms with E-state index >= 15 is 0 Å². The number of hydrogen-bond acceptors (Lipinski definition) is 3. The monoisotopic (exact) mass is 489 g/mol. The lowest BCUT2D eigenvalue weighted by Crippen LogP contribution is -2.39. The van der Waals surface area contributed by atoms with Gasteiger partial charge in [0.05, 0.1) is 19.1 Å². The zero-order valence-corrected chi connectivity index (χ0v) is 20.6. The maximum absolute atomic E-state index is 14.2. The van der Waals surface area contributed by atoms with Crippen molar-refractivity contribution in [2.24, 2.45) is 0 Å². The average molecular weight is 490 g/mol. The SMILES string of the molecule is CC1=C(CC(=O)N[C@H](CO)Cc2ccccc2)c2cc(F)ccc2C1=Cc1ccc(S(C)=O)cc1. The van der Waals surface area contributed by atoms with Gasteiger partial charge in [-0.2, -0.15) is 0 Å². The molecular weight excluding hydrogens is 461 g/mol. The number of carbonyl (C=O) groups excluding carboxylic acids is 1. The van der Waals surface area contributed by atoms with Crippen LogP contribution in [-0.2, 0) is 22.0 Å². The third-order valence-corrected chi connectivity index (χ3v) is 7.16. The van der Waals surface area contributed by atoms with Gasteiger partial charge >= 0.3 is 0 Å². The maximum Gasteiger partial charge on any atom is 0.224 e. The molecular formula is C29H28FNO3S. The van der Waals surface area contributed by atoms with E-state index in [1.165, 1.54) is 12.1 Å². The van der Waals surface area contributed by atoms with Crippen LogP contribution in [0.15, 0.2) is 83.3 Å². The highest BCUT2D eigenvalue weighted by molar-refractivity contribution is 7.84. The van der Waals surface area contributed by atoms with E-state index in [1.807, 2.05) is 67.6 Å². The first-order valence-electron chi connectivity index (χ1n) is 11.5. The van der Waals surface area contributed by atoms with Crippen LogP contribution in [0.25, 0.3) is 17.2 Å². The Hall–Kier alpha value is -3.35. The molecule has 3 aromatic rings. The molecule has 1 aliphatic carbocycles. The highest BCUT2D eigenvalue weighted by atomic mass is 32.2. The summed E-state index contributed by atoms with van der Waals surface area (Å²) >= 11 is 0. The van der Waals surface area contributed by atoms with Gasteiger partial charge in [0.25, 0.3) is 0 Å². The van der Waals surface area contributed by atoms with E-state index in [2.05, 4.69) is 5.32 Å². The van der Waals surface area contributed by atoms with Gasteiger partial charge in [-0.15, -0.1) is 0 Å². The first-order chi connectivity index (χ1) is 16.9. The number of aliphatic hydroxyl groups excluding tert-OH is 1. The smallest absolute Gasteiger partial charge is 0.224 e. The fraction of sp³-hybridized carbons (Fsp3) is 0.207. The molecule has 6 heteroatoms. The second-order valence-corrected chi connectivity index (χ2v) is 10.1. The van der Waals surface area contributed by atoms with Crippen LogP contribution in [0.1, 0.15) is 35.6 Å². The molecule has 1 unspecified atom stereocenters. The van der Waals surface area contributed by atoms with Crippen LogP contribution >= 0.6 is 0 Å². The van der Waals surface area contributed by atoms with Gasteiger partial charge in [-0.3, -0.25) is 9.00 Å². The summed E-state index contributed by atoms with van der Waals surface area (Å²) in [7, 11) is -1.05. The Balaban J connectivity index is 1.59. The Bertz CT molecular complexity index is 1310. The van der Waals surface area contributed by atoms with Gasteiger partial charge in [0, 0.05) is 22.0 Å². The van der Waals surface area contributed by atoms with E-state index in [0.29, 0.717) is 12.0 Å². The number of hydrogen-bond donors (Lipinski definition) is 2. The average Bonchev–Trinajstić information content (AvgIpc) is 3.09. The predicted octanol–water partition coefficient (Wildman–Crippen LogP) is 5.00. The molecule has 2 atom stereocenters. The van der Waals surface area contributed by atoms with Gasteiger partial charge in [0.15, 0.2) is 0 Å². The van der Waals surface area contributed by atoms with Crippen molar-refractivity contribution < 1.29 is 18.5 Å². The van der Waals surface area contributed by atoms with Gasteiger partial charge in [0.1, 0.15) is 5.82 Å². The molecule has 0 saturated carbocycles. The summed E-state index contributed by atoms with van der Waals surface area (Å²) in [6.07, 6.45) is 4.25. The summed E-state index contributed by atoms with van der Waals surface area (Å²) in [6, 6.07) is 21.4. The second kappa shape index (κ2) is 10.9. The number of carbonyl (C=O) groups is 1. The quantitative estimate of drug-likeness (QED) is 0.468. The minimum Gasteiger partial charge on any atom is -0.394 e. The Morgan fingerprint density at radius 3 is 2.43 bits per heavy atom. The van der Waals surface area contributed by atoms with Gasteiger partial charge < -0.3 is 10.4 Å². The minimum atomic E-state index is -1.05. The Morgan fingerprint density at radius 2 is 1.77 bits per heavy atom. The van der Waals surface area contributed by atoms with Crippen molar-refractivity contribution in [3.8, 4) is 0 Å². The Morgan fingerprint density at radius 1 is 1.06 bits per heavy atom. The van der Waals surface area contributed by atoms with Crippen molar-refractivity contribution in [2.45, 2.75) is 30.7 Å². The summed E-state index contributed by atoms with van der Waals surface area (Å²) < 4.78 is 25.9. The number of halogens is 1. The molecule has 1 amide bonds. The first-order valence-corrected chi connectivity index (χ1v) is 13.0. The van der Waals surface area contributed by atoms with Gasteiger partial charge in [-0.1, -0.05) is 48.5 Å². The standard InChI is InChI=1S/C29H28FNO3S/c1-19-26(15-21-8-11-24(12-9-21)35(2)34)25-13-10-22(30)16-28(25)27(19)17-29(33)31-23(18-32)14-20-6-4-3-5-7-20/h3-13,15-16,23,32H,14,17-18H2,1-2H3,(H,31,33)/t23-,35?/m0/s1. The van der Waals surface area contributed by atoms with E-state index in [4.69, 9.17) is 0 Å². The van der Waals surface area contributed by atoms with Crippen molar-refractivity contribution in [1.82, 2.24) is 5.32 Å². The molecule has 0 fully saturated rings. The third-order valence-electron chi connectivity index (χ3n) is 6.22. The van der Waals surface area contributed by atoms with Crippen molar-refractivity contribution in [2.75, 3.05) is 12.9 Å². The van der Waals surface area contributed by atoms with Crippen LogP contribution in [0.5, 0.6) is 0 Å². The Labute approximate surface area is 207 Å². The van der Waals surface area contributed by atoms with Gasteiger partial charge in [0.2, 0.25) is 5.91 Å². The van der Waals surface area contributed by atoms with Crippen LogP contribution in [-0.4, -0.2) is 34.1 Å². The summed E-state index contributed by atoms with van der Waals surface area (Å²) in [4.78, 5) is 13.7. The molecule has 0 aromatic heterocycles. The fourth-order valence-corrected chi connectivity index (χ4v) is 4.92. The molecule has 0 spiro atoms. The lowest BCUT2D eigenvalue weighted by Gasteiger charge is -2.17. The zero-order chi connectivity index (χ0) is 24.9. The number of benzene rings is 3. The second-order valence-electron chi connectivity index (χ2n) is 8.69. The summed E-state index contributed by atoms with van der Waals surface area (Å²) in [5.74, 6) is -0.580. The highest BCUT2D eigenvalue weighted by Crippen LogP contribution is 2.43. The van der Waals surface area contributed by atoms with Crippen molar-refractivity contribution in [3.05, 3.63) is 106 Å². The number of allylic oxidation sites excluding steroid dienone is 2. The summed E-state index contributed by atoms with van der Waals surface area (Å²) in [5.41, 5.74) is 6.14. The lowest BCUT2D eigenvalue weighted by molar-refractivity contribution is -0.121. The van der Waals surface area contributed by atoms with E-state index in [0.717, 1.165) is 38.3 Å². The lowest BCUT2D eigenvalue weighted by atomic mass is 10.0. The van der Waals surface area contributed by atoms with Crippen LogP contribution in [0.4, 0.5) is 4.39 Å². The van der Waals surface area contributed by atoms with Crippen LogP contribution in [0.3, 0.4) is 0 Å². The van der Waals surface area contributed by atoms with Gasteiger partial charge in [-0.25, -0.2) is 4.39 Å². The Kier molecular flexibility index (Phi) is 7.73. The molecule has 4 rings (SSSR count). The van der Waals surface area contributed by atoms with Crippen molar-refractivity contribution in [3.63, 3.8) is 0 Å². The molecule has 0 radical (unpaired) electrons. The number of nitrogens with one attached hydrogen (secondary N) is 1. The molecule has 35 heavy (non-hydrogen) atoms. The third kappa shape index (κ3) is 5.84. The predicted molar refractivity (Wildman–Crippen MR) is 139 cm³/mol. The fourth-order valence-electron chi connectivity index (χ4n) is 4.40. The molecule has 3 aromatic carbocycles. The van der Waals surface area contributed by atoms with Crippen molar-refractivity contribution in [1.29, 1.82) is 0 Å². The molecule has 4 nitrogen and oxygen atoms in total. The molecule has 1 aliphatic rings. The van der Waals surface area contributed by atoms with E-state index in [-0.39, 0.29) is 24.8 Å². The zero-order valence-electron chi connectivity index (χ0n) is 19.8. The van der Waals surface area contributed by atoms with E-state index in [9.17, 15) is 18.5 Å². The van der Waals surface area contributed by atoms with Crippen LogP contribution in [0.2, 0.25) is 0 Å². The minimum absolute atomic E-state index is 0.0820. The van der Waals surface area contributed by atoms with Crippen LogP contribution < -0.4 is 5.32 Å². The summed E-state index contributed by atoms with van der Waals surface area (Å²) in [6.45, 7) is 1.77. The molecule has 0 saturated heterocycles. The van der Waals surface area contributed by atoms with E-state index < -0.39 is 16.8 Å². The normalized spacial score (nSPS) is 15.7. The van der Waals surface area contributed by atoms with Crippen molar-refractivity contribution >= 4 is 33.9 Å². The first kappa shape index (κ1) is 24.8. The topological polar surface area (TPSA) is 66.4 Å². The molecule has 2 N–H and O–H groups in total. The number of fused-ring (bicyclic) bond motifs is 1. The summed E-state index contributed by atoms with van der Waals surface area (Å²) in [5, 5.41) is 12.7.